The summed E-state index contributed by atoms with van der Waals surface area (Å²) in [6, 6.07) is 5.22. The van der Waals surface area contributed by atoms with Gasteiger partial charge in [0.2, 0.25) is 11.8 Å². The molecule has 0 aromatic heterocycles. The molecule has 0 amide bonds. The number of hydrogen-bond acceptors (Lipinski definition) is 33. The third-order valence-corrected chi connectivity index (χ3v) is 28.5. The molecule has 8 aliphatic rings. The van der Waals surface area contributed by atoms with E-state index in [2.05, 4.69) is 61.1 Å². The van der Waals surface area contributed by atoms with Crippen LogP contribution in [0.15, 0.2) is 12.7 Å². The second-order valence-electron chi connectivity index (χ2n) is 40.1. The minimum absolute atomic E-state index is 0.0570. The molecule has 8 aliphatic heterocycles. The summed E-state index contributed by atoms with van der Waals surface area (Å²) in [7, 11) is 22.6. The monoisotopic (exact) mass is 1790 g/mol. The molecular formula is C93H167N9O24. The largest absolute Gasteiger partial charge is 0.459 e. The van der Waals surface area contributed by atoms with Crippen LogP contribution in [0.1, 0.15) is 217 Å². The Balaban J connectivity index is 0.000000376. The van der Waals surface area contributed by atoms with E-state index in [4.69, 9.17) is 90.5 Å². The molecule has 0 bridgehead atoms. The van der Waals surface area contributed by atoms with E-state index in [0.29, 0.717) is 51.6 Å². The Hall–Kier alpha value is -3.89. The first kappa shape index (κ1) is 111. The lowest BCUT2D eigenvalue weighted by Crippen LogP contribution is -2.61. The van der Waals surface area contributed by atoms with E-state index in [1.54, 1.807) is 54.7 Å². The van der Waals surface area contributed by atoms with E-state index in [0.717, 1.165) is 0 Å². The fourth-order valence-electron chi connectivity index (χ4n) is 20.7. The molecule has 2 unspecified atom stereocenters. The minimum atomic E-state index is -1.53. The predicted octanol–water partition coefficient (Wildman–Crippen LogP) is 8.97. The van der Waals surface area contributed by atoms with Crippen molar-refractivity contribution in [2.75, 3.05) is 111 Å². The van der Waals surface area contributed by atoms with Gasteiger partial charge in [0.05, 0.1) is 127 Å². The second-order valence-corrected chi connectivity index (χ2v) is 40.1. The summed E-state index contributed by atoms with van der Waals surface area (Å²) in [5, 5.41) is 74.6. The molecule has 728 valence electrons. The summed E-state index contributed by atoms with van der Waals surface area (Å²) in [5.74, 6) is -6.64. The number of methoxy groups -OCH3 is 2. The van der Waals surface area contributed by atoms with Gasteiger partial charge in [-0.3, -0.25) is 19.4 Å². The highest BCUT2D eigenvalue weighted by Crippen LogP contribution is 2.50. The molecule has 126 heavy (non-hydrogen) atoms. The molecule has 8 fully saturated rings. The molecule has 0 spiro atoms. The van der Waals surface area contributed by atoms with Crippen LogP contribution in [-0.4, -0.2) is 365 Å². The standard InChI is InChI=1S/C48H85N5O12.C42H79N3O12.C3H3N/c1-18-36-47(10)41(64-48(11,65-47)52(14)15)33(6)53(16)28-29(2)26-45(8,55)40(63-44-39(57-23-19-21-49)35(51(12)13)25-30(3)59-44)31(4)38(32(5)43(54)61-36)62-37-27-46(9,56-17)42(34(7)60-37)58-24-20-22-50;1-18-30-41(10)36(56-42(11,57-41)44(14)15)27(6)45(16)22-23(2)20-39(8,49)35(55-38-32(46)29(43(12)13)19-24(3)51-38)25(4)33(26(5)37(48)53-30)54-31-21-40(9,50-17)34(47)28(7)52-31;1-2-3-4/h29-42,44,55H,18-20,23-28H2,1-17H3;23-36,38,46-47,49H,18-22H2,1-17H3;2H,1H2/t29-,30-,31+,32-,33-,34+,35+,36-,37+,38+,39-,40-,41-,42+,44+,45-,46-,47-,48?;23-,24-,25+,26-,27-,28+,29+,30-,31+,32-,33+,34+,35-,36-,38+,39-,40-,41-,42?;/m11./s1. The van der Waals surface area contributed by atoms with Gasteiger partial charge in [-0.2, -0.15) is 15.8 Å². The Morgan fingerprint density at radius 3 is 1.29 bits per heavy atom. The zero-order valence-electron chi connectivity index (χ0n) is 83.0. The van der Waals surface area contributed by atoms with Gasteiger partial charge in [0.25, 0.3) is 0 Å². The average Bonchev–Trinajstić information content (AvgIpc) is 1.58. The number of rotatable bonds is 22. The number of carbonyl (C=O) groups excluding carboxylic acids is 2. The maximum absolute atomic E-state index is 15.0. The summed E-state index contributed by atoms with van der Waals surface area (Å²) in [6.07, 6.45) is -10.2. The third kappa shape index (κ3) is 26.2. The van der Waals surface area contributed by atoms with E-state index >= 15 is 0 Å². The predicted molar refractivity (Wildman–Crippen MR) is 472 cm³/mol. The number of cyclic esters (lactones) is 2. The van der Waals surface area contributed by atoms with Crippen molar-refractivity contribution >= 4 is 11.9 Å². The summed E-state index contributed by atoms with van der Waals surface area (Å²) < 4.78 is 119. The summed E-state index contributed by atoms with van der Waals surface area (Å²) in [6.45, 7) is 46.8. The van der Waals surface area contributed by atoms with Crippen LogP contribution in [0.25, 0.3) is 0 Å². The fraction of sp³-hybridized carbons (Fsp3) is 0.925. The lowest BCUT2D eigenvalue weighted by Gasteiger charge is -2.50. The molecule has 33 nitrogen and oxygen atoms in total. The number of carbonyl (C=O) groups is 2. The number of likely N-dealkylation sites (N-methyl/N-ethyl adjacent to an activating group) is 4. The Morgan fingerprint density at radius 1 is 0.524 bits per heavy atom. The van der Waals surface area contributed by atoms with E-state index in [-0.39, 0.29) is 87.1 Å². The zero-order chi connectivity index (χ0) is 95.4. The number of fused-ring (bicyclic) bond motifs is 2. The van der Waals surface area contributed by atoms with Gasteiger partial charge in [0.1, 0.15) is 60.0 Å². The van der Waals surface area contributed by atoms with E-state index in [9.17, 15) is 40.5 Å². The number of aliphatic hydroxyl groups is 4. The lowest BCUT2D eigenvalue weighted by atomic mass is 9.77. The molecule has 33 heteroatoms. The van der Waals surface area contributed by atoms with Crippen LogP contribution >= 0.6 is 0 Å². The third-order valence-electron chi connectivity index (χ3n) is 28.5. The van der Waals surface area contributed by atoms with Crippen molar-refractivity contribution in [3.05, 3.63) is 12.7 Å². The highest BCUT2D eigenvalue weighted by atomic mass is 16.8. The zero-order valence-corrected chi connectivity index (χ0v) is 83.0. The number of allylic oxidation sites excluding steroid dienone is 1. The topological polar surface area (TPSA) is 372 Å². The minimum Gasteiger partial charge on any atom is -0.459 e. The van der Waals surface area contributed by atoms with Crippen LogP contribution < -0.4 is 0 Å². The SMILES string of the molecule is C=CC#N.CC[C@H]1OC(=O)[C@H](C)[C@@H](O[C@H]2C[C@@](C)(OC)[C@@H](O)[C@H](C)O2)[C@H](C)[C@@H](O[C@@H]2O[C@H](C)C[C@H](N(C)C)[C@H]2O)[C@](C)(O)C[C@@H](C)CN(C)[C@H](C)[C@H]2OC(C)(N(C)C)O[C@@]21C.CC[C@H]1OC(=O)[C@H](C)[C@@H](O[C@H]2C[C@@](C)(OC)[C@@H](OCCC#N)[C@H](C)O2)[C@H](C)[C@@H](O[C@@H]2O[C@H](C)C[C@H](N(C)C)[C@H]2OCCC#N)[C@](C)(O)C[C@@H](C)CN(C)[C@H](C)[C@H]2OC(C)(N(C)C)O[C@@]21C. The van der Waals surface area contributed by atoms with Gasteiger partial charge >= 0.3 is 11.9 Å². The van der Waals surface area contributed by atoms with Gasteiger partial charge in [0, 0.05) is 96.1 Å². The first-order valence-corrected chi connectivity index (χ1v) is 45.9. The van der Waals surface area contributed by atoms with Crippen molar-refractivity contribution in [3.8, 4) is 18.2 Å². The molecule has 8 saturated heterocycles. The molecular weight excluding hydrogens is 1630 g/mol. The van der Waals surface area contributed by atoms with Crippen LogP contribution in [0.5, 0.6) is 0 Å². The van der Waals surface area contributed by atoms with Crippen molar-refractivity contribution in [1.29, 1.82) is 15.8 Å². The maximum atomic E-state index is 15.0. The number of nitriles is 3. The second kappa shape index (κ2) is 46.4. The summed E-state index contributed by atoms with van der Waals surface area (Å²) in [5.41, 5.74) is -7.04. The smallest absolute Gasteiger partial charge is 0.311 e. The molecule has 0 radical (unpaired) electrons. The van der Waals surface area contributed by atoms with Gasteiger partial charge in [-0.25, -0.2) is 0 Å². The van der Waals surface area contributed by atoms with Gasteiger partial charge < -0.3 is 125 Å². The quantitative estimate of drug-likeness (QED) is 0.0446. The number of nitrogens with zero attached hydrogens (tertiary/aromatic N) is 9. The summed E-state index contributed by atoms with van der Waals surface area (Å²) in [4.78, 5) is 41.9. The molecule has 0 aromatic carbocycles. The molecule has 0 aliphatic carbocycles. The molecule has 0 aromatic rings. The Morgan fingerprint density at radius 2 is 0.905 bits per heavy atom. The van der Waals surface area contributed by atoms with Crippen LogP contribution in [0.4, 0.5) is 0 Å². The first-order chi connectivity index (χ1) is 58.5. The highest BCUT2D eigenvalue weighted by molar-refractivity contribution is 5.73. The fourth-order valence-corrected chi connectivity index (χ4v) is 20.7. The number of ether oxygens (including phenoxy) is 18. The summed E-state index contributed by atoms with van der Waals surface area (Å²) >= 11 is 0. The van der Waals surface area contributed by atoms with E-state index in [1.807, 2.05) is 168 Å². The van der Waals surface area contributed by atoms with Crippen LogP contribution in [0, 0.1) is 69.5 Å². The van der Waals surface area contributed by atoms with Crippen molar-refractivity contribution in [2.45, 2.75) is 409 Å². The number of esters is 2. The van der Waals surface area contributed by atoms with Crippen molar-refractivity contribution in [1.82, 2.24) is 29.4 Å². The Kier molecular flexibility index (Phi) is 40.8. The van der Waals surface area contributed by atoms with Gasteiger partial charge in [-0.05, 0) is 218 Å². The number of hydrogen-bond donors (Lipinski definition) is 4. The first-order valence-electron chi connectivity index (χ1n) is 45.9. The molecule has 4 N–H and O–H groups in total. The van der Waals surface area contributed by atoms with Gasteiger partial charge in [-0.15, -0.1) is 0 Å². The van der Waals surface area contributed by atoms with Crippen molar-refractivity contribution in [3.63, 3.8) is 0 Å². The average molecular weight is 1800 g/mol. The van der Waals surface area contributed by atoms with Crippen molar-refractivity contribution < 1.29 is 115 Å². The number of aliphatic hydroxyl groups excluding tert-OH is 2. The van der Waals surface area contributed by atoms with Crippen LogP contribution in [0.3, 0.4) is 0 Å². The highest BCUT2D eigenvalue weighted by Gasteiger charge is 2.64. The Labute approximate surface area is 755 Å². The van der Waals surface area contributed by atoms with Crippen molar-refractivity contribution in [2.24, 2.45) is 35.5 Å². The van der Waals surface area contributed by atoms with E-state index < -0.39 is 192 Å². The Bertz CT molecular complexity index is 3520. The molecule has 8 rings (SSSR count). The normalized spacial score (nSPS) is 46.0. The lowest BCUT2D eigenvalue weighted by molar-refractivity contribution is -0.323. The maximum Gasteiger partial charge on any atom is 0.311 e. The molecule has 8 heterocycles. The van der Waals surface area contributed by atoms with Crippen LogP contribution in [0.2, 0.25) is 0 Å². The van der Waals surface area contributed by atoms with Gasteiger partial charge in [0.15, 0.2) is 25.2 Å². The molecule has 0 saturated carbocycles. The molecule has 38 atom stereocenters. The van der Waals surface area contributed by atoms with E-state index in [1.165, 1.54) is 13.2 Å². The van der Waals surface area contributed by atoms with Crippen LogP contribution in [-0.2, 0) is 94.9 Å². The van der Waals surface area contributed by atoms with Gasteiger partial charge in [-0.1, -0.05) is 48.1 Å².